The van der Waals surface area contributed by atoms with Gasteiger partial charge in [-0.15, -0.1) is 11.3 Å². The summed E-state index contributed by atoms with van der Waals surface area (Å²) >= 11 is 0.821. The van der Waals surface area contributed by atoms with Gasteiger partial charge < -0.3 is 0 Å². The first kappa shape index (κ1) is 9.52. The van der Waals surface area contributed by atoms with Crippen molar-refractivity contribution >= 4 is 21.4 Å². The van der Waals surface area contributed by atoms with Crippen LogP contribution in [-0.4, -0.2) is 0 Å². The van der Waals surface area contributed by atoms with E-state index in [1.54, 1.807) is 18.2 Å². The molecule has 0 spiro atoms. The van der Waals surface area contributed by atoms with Crippen LogP contribution in [0.25, 0.3) is 10.1 Å². The quantitative estimate of drug-likeness (QED) is 0.667. The minimum absolute atomic E-state index is 0.288. The third-order valence-electron chi connectivity index (χ3n) is 2.01. The fourth-order valence-corrected chi connectivity index (χ4v) is 2.37. The maximum absolute atomic E-state index is 13.3. The molecule has 4 heteroatoms. The lowest BCUT2D eigenvalue weighted by Gasteiger charge is -1.92. The maximum Gasteiger partial charge on any atom is 0.275 e. The third-order valence-corrected chi connectivity index (χ3v) is 3.14. The van der Waals surface area contributed by atoms with Gasteiger partial charge in [-0.05, 0) is 18.6 Å². The number of thiophene rings is 1. The molecule has 0 amide bonds. The summed E-state index contributed by atoms with van der Waals surface area (Å²) in [6, 6.07) is 4.98. The van der Waals surface area contributed by atoms with Crippen molar-refractivity contribution in [2.24, 2.45) is 0 Å². The van der Waals surface area contributed by atoms with Crippen molar-refractivity contribution in [2.75, 3.05) is 0 Å². The zero-order chi connectivity index (χ0) is 10.3. The summed E-state index contributed by atoms with van der Waals surface area (Å²) < 4.78 is 38.6. The largest absolute Gasteiger partial charge is 0.275 e. The molecule has 14 heavy (non-hydrogen) atoms. The second kappa shape index (κ2) is 3.28. The minimum Gasteiger partial charge on any atom is -0.205 e. The van der Waals surface area contributed by atoms with Crippen molar-refractivity contribution in [1.82, 2.24) is 0 Å². The van der Waals surface area contributed by atoms with E-state index in [0.717, 1.165) is 16.9 Å². The van der Waals surface area contributed by atoms with E-state index in [2.05, 4.69) is 0 Å². The molecule has 0 fully saturated rings. The summed E-state index contributed by atoms with van der Waals surface area (Å²) in [4.78, 5) is -0.467. The zero-order valence-electron chi connectivity index (χ0n) is 7.35. The number of halogens is 3. The molecule has 0 aliphatic heterocycles. The van der Waals surface area contributed by atoms with Crippen molar-refractivity contribution in [3.63, 3.8) is 0 Å². The highest BCUT2D eigenvalue weighted by Gasteiger charge is 2.19. The molecule has 0 radical (unpaired) electrons. The highest BCUT2D eigenvalue weighted by molar-refractivity contribution is 7.19. The smallest absolute Gasteiger partial charge is 0.205 e. The molecule has 1 aromatic heterocycles. The van der Waals surface area contributed by atoms with Gasteiger partial charge in [0.15, 0.2) is 5.82 Å². The summed E-state index contributed by atoms with van der Waals surface area (Å²) in [5.74, 6) is -0.778. The lowest BCUT2D eigenvalue weighted by atomic mass is 10.2. The van der Waals surface area contributed by atoms with Gasteiger partial charge in [0.25, 0.3) is 6.43 Å². The first-order valence-electron chi connectivity index (χ1n) is 4.06. The first-order chi connectivity index (χ1) is 6.59. The van der Waals surface area contributed by atoms with Crippen molar-refractivity contribution in [3.8, 4) is 0 Å². The van der Waals surface area contributed by atoms with E-state index >= 15 is 0 Å². The second-order valence-electron chi connectivity index (χ2n) is 3.08. The number of fused-ring (bicyclic) bond motifs is 1. The van der Waals surface area contributed by atoms with E-state index in [0.29, 0.717) is 4.70 Å². The zero-order valence-corrected chi connectivity index (χ0v) is 8.17. The van der Waals surface area contributed by atoms with Crippen LogP contribution in [0.5, 0.6) is 0 Å². The van der Waals surface area contributed by atoms with E-state index in [-0.39, 0.29) is 5.39 Å². The predicted octanol–water partition coefficient (Wildman–Crippen LogP) is 4.29. The Morgan fingerprint density at radius 3 is 2.64 bits per heavy atom. The van der Waals surface area contributed by atoms with E-state index in [9.17, 15) is 13.2 Å². The highest BCUT2D eigenvalue weighted by Crippen LogP contribution is 2.36. The Balaban J connectivity index is 2.73. The fraction of sp³-hybridized carbons (Fsp3) is 0.200. The van der Waals surface area contributed by atoms with Crippen molar-refractivity contribution in [2.45, 2.75) is 13.3 Å². The van der Waals surface area contributed by atoms with Crippen molar-refractivity contribution in [3.05, 3.63) is 34.5 Å². The number of hydrogen-bond donors (Lipinski definition) is 0. The lowest BCUT2D eigenvalue weighted by Crippen LogP contribution is -1.81. The molecule has 0 aliphatic rings. The van der Waals surface area contributed by atoms with Gasteiger partial charge in [-0.3, -0.25) is 0 Å². The molecular formula is C10H7F3S. The maximum atomic E-state index is 13.3. The average molecular weight is 216 g/mol. The van der Waals surface area contributed by atoms with Crippen molar-refractivity contribution < 1.29 is 13.2 Å². The SMILES string of the molecule is Cc1ccc2c(F)c(C(F)F)sc2c1. The fourth-order valence-electron chi connectivity index (χ4n) is 1.33. The molecular weight excluding hydrogens is 209 g/mol. The molecule has 2 aromatic rings. The normalized spacial score (nSPS) is 11.5. The van der Waals surface area contributed by atoms with Crippen LogP contribution in [0.3, 0.4) is 0 Å². The average Bonchev–Trinajstić information content (AvgIpc) is 2.43. The van der Waals surface area contributed by atoms with E-state index in [1.165, 1.54) is 0 Å². The molecule has 0 saturated heterocycles. The number of hydrogen-bond acceptors (Lipinski definition) is 1. The Kier molecular flexibility index (Phi) is 2.23. The second-order valence-corrected chi connectivity index (χ2v) is 4.16. The Morgan fingerprint density at radius 2 is 2.00 bits per heavy atom. The van der Waals surface area contributed by atoms with Crippen molar-refractivity contribution in [1.29, 1.82) is 0 Å². The topological polar surface area (TPSA) is 0 Å². The van der Waals surface area contributed by atoms with E-state index in [4.69, 9.17) is 0 Å². The standard InChI is InChI=1S/C10H7F3S/c1-5-2-3-6-7(4-5)14-9(8(6)11)10(12)13/h2-4,10H,1H3. The first-order valence-corrected chi connectivity index (χ1v) is 4.88. The molecule has 74 valence electrons. The molecule has 1 aromatic carbocycles. The highest BCUT2D eigenvalue weighted by atomic mass is 32.1. The molecule has 0 nitrogen and oxygen atoms in total. The Hall–Kier alpha value is -1.03. The number of alkyl halides is 2. The molecule has 0 unspecified atom stereocenters. The monoisotopic (exact) mass is 216 g/mol. The van der Waals surface area contributed by atoms with Crippen LogP contribution in [-0.2, 0) is 0 Å². The minimum atomic E-state index is -2.73. The predicted molar refractivity (Wildman–Crippen MR) is 51.5 cm³/mol. The summed E-state index contributed by atoms with van der Waals surface area (Å²) in [6.45, 7) is 1.85. The van der Waals surface area contributed by atoms with Crippen LogP contribution in [0.4, 0.5) is 13.2 Å². The molecule has 2 rings (SSSR count). The van der Waals surface area contributed by atoms with Crippen LogP contribution in [0, 0.1) is 12.7 Å². The van der Waals surface area contributed by atoms with Gasteiger partial charge in [-0.2, -0.15) is 0 Å². The van der Waals surface area contributed by atoms with Crippen LogP contribution < -0.4 is 0 Å². The molecule has 0 aliphatic carbocycles. The van der Waals surface area contributed by atoms with Gasteiger partial charge in [0, 0.05) is 10.1 Å². The summed E-state index contributed by atoms with van der Waals surface area (Å²) in [7, 11) is 0. The van der Waals surface area contributed by atoms with E-state index < -0.39 is 17.1 Å². The molecule has 1 heterocycles. The van der Waals surface area contributed by atoms with Crippen LogP contribution in [0.15, 0.2) is 18.2 Å². The van der Waals surface area contributed by atoms with Crippen LogP contribution in [0.2, 0.25) is 0 Å². The molecule has 0 atom stereocenters. The Labute approximate surface area is 83.0 Å². The summed E-state index contributed by atoms with van der Waals surface area (Å²) in [5.41, 5.74) is 0.944. The van der Waals surface area contributed by atoms with E-state index in [1.807, 2.05) is 6.92 Å². The Bertz CT molecular complexity index is 473. The molecule has 0 saturated carbocycles. The third kappa shape index (κ3) is 1.39. The van der Waals surface area contributed by atoms with Gasteiger partial charge in [-0.25, -0.2) is 13.2 Å². The number of benzene rings is 1. The van der Waals surface area contributed by atoms with Gasteiger partial charge in [0.1, 0.15) is 4.88 Å². The van der Waals surface area contributed by atoms with Crippen LogP contribution in [0.1, 0.15) is 16.9 Å². The van der Waals surface area contributed by atoms with Crippen LogP contribution >= 0.6 is 11.3 Å². The lowest BCUT2D eigenvalue weighted by molar-refractivity contribution is 0.151. The number of rotatable bonds is 1. The van der Waals surface area contributed by atoms with Gasteiger partial charge in [-0.1, -0.05) is 12.1 Å². The Morgan fingerprint density at radius 1 is 1.29 bits per heavy atom. The van der Waals surface area contributed by atoms with Gasteiger partial charge in [0.2, 0.25) is 0 Å². The van der Waals surface area contributed by atoms with Gasteiger partial charge in [0.05, 0.1) is 0 Å². The number of aryl methyl sites for hydroxylation is 1. The van der Waals surface area contributed by atoms with Gasteiger partial charge >= 0.3 is 0 Å². The summed E-state index contributed by atoms with van der Waals surface area (Å²) in [5, 5.41) is 0.288. The summed E-state index contributed by atoms with van der Waals surface area (Å²) in [6.07, 6.45) is -2.73. The molecule has 0 bridgehead atoms. The molecule has 0 N–H and O–H groups in total.